The second-order valence-electron chi connectivity index (χ2n) is 6.63. The third kappa shape index (κ3) is 3.28. The molecule has 0 saturated heterocycles. The van der Waals surface area contributed by atoms with Crippen molar-refractivity contribution in [3.63, 3.8) is 0 Å². The van der Waals surface area contributed by atoms with E-state index in [1.807, 2.05) is 18.2 Å². The Balaban J connectivity index is 1.55. The van der Waals surface area contributed by atoms with Crippen molar-refractivity contribution in [1.29, 1.82) is 0 Å². The SMILES string of the molecule is COc1ccc(CN=C(N)Nc2ccc3c4c(cccc24)CC3)cc1OC. The van der Waals surface area contributed by atoms with Crippen LogP contribution in [0.4, 0.5) is 5.69 Å². The summed E-state index contributed by atoms with van der Waals surface area (Å²) >= 11 is 0. The first-order valence-electron chi connectivity index (χ1n) is 9.01. The summed E-state index contributed by atoms with van der Waals surface area (Å²) in [6, 6.07) is 16.5. The van der Waals surface area contributed by atoms with Crippen LogP contribution in [0.5, 0.6) is 11.5 Å². The van der Waals surface area contributed by atoms with E-state index in [4.69, 9.17) is 15.2 Å². The normalized spacial score (nSPS) is 13.0. The Bertz CT molecular complexity index is 1020. The van der Waals surface area contributed by atoms with Gasteiger partial charge in [0.15, 0.2) is 17.5 Å². The monoisotopic (exact) mass is 361 g/mol. The number of nitrogens with two attached hydrogens (primary N) is 1. The molecule has 3 N–H and O–H groups in total. The van der Waals surface area contributed by atoms with E-state index in [1.165, 1.54) is 21.9 Å². The number of hydrogen-bond acceptors (Lipinski definition) is 3. The highest BCUT2D eigenvalue weighted by Crippen LogP contribution is 2.35. The summed E-state index contributed by atoms with van der Waals surface area (Å²) in [5, 5.41) is 5.82. The van der Waals surface area contributed by atoms with E-state index in [2.05, 4.69) is 40.6 Å². The van der Waals surface area contributed by atoms with Crippen LogP contribution in [0.3, 0.4) is 0 Å². The van der Waals surface area contributed by atoms with E-state index in [9.17, 15) is 0 Å². The lowest BCUT2D eigenvalue weighted by molar-refractivity contribution is 0.354. The van der Waals surface area contributed by atoms with E-state index in [0.29, 0.717) is 24.0 Å². The standard InChI is InChI=1S/C22H23N3O2/c1-26-19-11-6-14(12-20(19)27-2)13-24-22(23)25-18-10-9-16-8-7-15-4-3-5-17(18)21(15)16/h3-6,9-12H,7-8,13H2,1-2H3,(H3,23,24,25). The average Bonchev–Trinajstić information content (AvgIpc) is 3.13. The van der Waals surface area contributed by atoms with Crippen LogP contribution >= 0.6 is 0 Å². The van der Waals surface area contributed by atoms with Crippen LogP contribution in [0.15, 0.2) is 53.5 Å². The van der Waals surface area contributed by atoms with Crippen LogP contribution in [0, 0.1) is 0 Å². The first-order valence-corrected chi connectivity index (χ1v) is 9.01. The highest BCUT2D eigenvalue weighted by atomic mass is 16.5. The van der Waals surface area contributed by atoms with Crippen LogP contribution in [0.25, 0.3) is 10.8 Å². The number of nitrogens with zero attached hydrogens (tertiary/aromatic N) is 1. The zero-order chi connectivity index (χ0) is 18.8. The Morgan fingerprint density at radius 2 is 1.78 bits per heavy atom. The van der Waals surface area contributed by atoms with Crippen LogP contribution in [0.1, 0.15) is 16.7 Å². The summed E-state index contributed by atoms with van der Waals surface area (Å²) in [7, 11) is 3.24. The second-order valence-corrected chi connectivity index (χ2v) is 6.63. The molecule has 0 aliphatic heterocycles. The molecule has 0 atom stereocenters. The van der Waals surface area contributed by atoms with Crippen molar-refractivity contribution in [2.45, 2.75) is 19.4 Å². The molecule has 5 nitrogen and oxygen atoms in total. The fourth-order valence-corrected chi connectivity index (χ4v) is 3.69. The van der Waals surface area contributed by atoms with Gasteiger partial charge in [-0.3, -0.25) is 0 Å². The van der Waals surface area contributed by atoms with Crippen LogP contribution < -0.4 is 20.5 Å². The summed E-state index contributed by atoms with van der Waals surface area (Å²) < 4.78 is 10.6. The summed E-state index contributed by atoms with van der Waals surface area (Å²) in [5.41, 5.74) is 11.0. The van der Waals surface area contributed by atoms with Gasteiger partial charge in [0, 0.05) is 11.1 Å². The molecular formula is C22H23N3O2. The number of ether oxygens (including phenoxy) is 2. The number of hydrogen-bond donors (Lipinski definition) is 2. The molecule has 0 unspecified atom stereocenters. The van der Waals surface area contributed by atoms with Crippen LogP contribution in [-0.2, 0) is 19.4 Å². The molecular weight excluding hydrogens is 338 g/mol. The number of nitrogens with one attached hydrogen (secondary N) is 1. The Kier molecular flexibility index (Phi) is 4.59. The molecule has 5 heteroatoms. The minimum absolute atomic E-state index is 0.392. The molecule has 1 aliphatic carbocycles. The van der Waals surface area contributed by atoms with E-state index in [-0.39, 0.29) is 0 Å². The minimum atomic E-state index is 0.392. The van der Waals surface area contributed by atoms with Crippen molar-refractivity contribution >= 4 is 22.4 Å². The maximum absolute atomic E-state index is 6.15. The fraction of sp³-hybridized carbons (Fsp3) is 0.227. The lowest BCUT2D eigenvalue weighted by Crippen LogP contribution is -2.22. The van der Waals surface area contributed by atoms with Gasteiger partial charge in [0.05, 0.1) is 20.8 Å². The largest absolute Gasteiger partial charge is 0.493 e. The van der Waals surface area contributed by atoms with E-state index >= 15 is 0 Å². The molecule has 1 aliphatic rings. The molecule has 0 fully saturated rings. The minimum Gasteiger partial charge on any atom is -0.493 e. The van der Waals surface area contributed by atoms with Crippen molar-refractivity contribution in [1.82, 2.24) is 0 Å². The van der Waals surface area contributed by atoms with Crippen molar-refractivity contribution in [3.05, 3.63) is 65.2 Å². The lowest BCUT2D eigenvalue weighted by atomic mass is 10.0. The molecule has 0 radical (unpaired) electrons. The maximum atomic E-state index is 6.15. The third-order valence-electron chi connectivity index (χ3n) is 5.02. The van der Waals surface area contributed by atoms with E-state index in [0.717, 1.165) is 24.1 Å². The number of rotatable bonds is 5. The van der Waals surface area contributed by atoms with Crippen molar-refractivity contribution in [2.24, 2.45) is 10.7 Å². The van der Waals surface area contributed by atoms with Crippen LogP contribution in [0.2, 0.25) is 0 Å². The van der Waals surface area contributed by atoms with Gasteiger partial charge in [0.1, 0.15) is 0 Å². The van der Waals surface area contributed by atoms with Gasteiger partial charge in [-0.1, -0.05) is 30.3 Å². The molecule has 0 saturated carbocycles. The number of aryl methyl sites for hydroxylation is 2. The first-order chi connectivity index (χ1) is 13.2. The van der Waals surface area contributed by atoms with Gasteiger partial charge in [0.25, 0.3) is 0 Å². The Labute approximate surface area is 158 Å². The Morgan fingerprint density at radius 3 is 2.56 bits per heavy atom. The number of guanidine groups is 1. The third-order valence-corrected chi connectivity index (χ3v) is 5.02. The van der Waals surface area contributed by atoms with Gasteiger partial charge in [-0.15, -0.1) is 0 Å². The van der Waals surface area contributed by atoms with Gasteiger partial charge < -0.3 is 20.5 Å². The van der Waals surface area contributed by atoms with Crippen molar-refractivity contribution < 1.29 is 9.47 Å². The zero-order valence-electron chi connectivity index (χ0n) is 15.6. The molecule has 0 spiro atoms. The van der Waals surface area contributed by atoms with E-state index in [1.54, 1.807) is 14.2 Å². The zero-order valence-corrected chi connectivity index (χ0v) is 15.6. The summed E-state index contributed by atoms with van der Waals surface area (Å²) in [6.07, 6.45) is 2.22. The summed E-state index contributed by atoms with van der Waals surface area (Å²) in [5.74, 6) is 1.77. The molecule has 27 heavy (non-hydrogen) atoms. The predicted molar refractivity (Wildman–Crippen MR) is 110 cm³/mol. The molecule has 0 heterocycles. The molecule has 0 aromatic heterocycles. The molecule has 3 aromatic carbocycles. The van der Waals surface area contributed by atoms with Gasteiger partial charge in [0.2, 0.25) is 0 Å². The molecule has 3 aromatic rings. The highest BCUT2D eigenvalue weighted by molar-refractivity contribution is 6.05. The molecule has 0 bridgehead atoms. The smallest absolute Gasteiger partial charge is 0.193 e. The maximum Gasteiger partial charge on any atom is 0.193 e. The second kappa shape index (κ2) is 7.19. The summed E-state index contributed by atoms with van der Waals surface area (Å²) in [4.78, 5) is 4.47. The lowest BCUT2D eigenvalue weighted by Gasteiger charge is -2.11. The van der Waals surface area contributed by atoms with E-state index < -0.39 is 0 Å². The highest BCUT2D eigenvalue weighted by Gasteiger charge is 2.15. The van der Waals surface area contributed by atoms with Gasteiger partial charge >= 0.3 is 0 Å². The van der Waals surface area contributed by atoms with Gasteiger partial charge in [-0.25, -0.2) is 4.99 Å². The van der Waals surface area contributed by atoms with Crippen molar-refractivity contribution in [2.75, 3.05) is 19.5 Å². The molecule has 4 rings (SSSR count). The summed E-state index contributed by atoms with van der Waals surface area (Å²) in [6.45, 7) is 0.459. The quantitative estimate of drug-likeness (QED) is 0.534. The van der Waals surface area contributed by atoms with Gasteiger partial charge in [-0.2, -0.15) is 0 Å². The first kappa shape index (κ1) is 17.2. The van der Waals surface area contributed by atoms with Crippen molar-refractivity contribution in [3.8, 4) is 11.5 Å². The molecule has 0 amide bonds. The van der Waals surface area contributed by atoms with Crippen LogP contribution in [-0.4, -0.2) is 20.2 Å². The number of methoxy groups -OCH3 is 2. The number of aliphatic imine (C=N–C) groups is 1. The predicted octanol–water partition coefficient (Wildman–Crippen LogP) is 3.88. The number of benzene rings is 3. The Hall–Kier alpha value is -3.21. The Morgan fingerprint density at radius 1 is 1.00 bits per heavy atom. The number of anilines is 1. The topological polar surface area (TPSA) is 68.9 Å². The van der Waals surface area contributed by atoms with Gasteiger partial charge in [-0.05, 0) is 53.1 Å². The average molecular weight is 361 g/mol. The fourth-order valence-electron chi connectivity index (χ4n) is 3.69. The molecule has 138 valence electrons.